The molecule has 0 aliphatic carbocycles. The van der Waals surface area contributed by atoms with Crippen LogP contribution in [0.5, 0.6) is 0 Å². The lowest BCUT2D eigenvalue weighted by atomic mass is 10.1. The van der Waals surface area contributed by atoms with Gasteiger partial charge in [0.25, 0.3) is 5.91 Å². The van der Waals surface area contributed by atoms with Crippen molar-refractivity contribution in [3.8, 4) is 0 Å². The Labute approximate surface area is 173 Å². The van der Waals surface area contributed by atoms with Gasteiger partial charge >= 0.3 is 5.69 Å². The molecule has 1 atom stereocenters. The number of aromatic nitrogens is 5. The van der Waals surface area contributed by atoms with E-state index in [1.165, 1.54) is 4.68 Å². The molecule has 0 saturated carbocycles. The molecule has 2 N–H and O–H groups in total. The van der Waals surface area contributed by atoms with E-state index in [4.69, 9.17) is 0 Å². The van der Waals surface area contributed by atoms with Crippen LogP contribution in [-0.4, -0.2) is 36.3 Å². The van der Waals surface area contributed by atoms with Crippen LogP contribution in [-0.2, 0) is 13.0 Å². The second-order valence-corrected chi connectivity index (χ2v) is 7.62. The average Bonchev–Trinajstić information content (AvgIpc) is 3.28. The first-order chi connectivity index (χ1) is 14.4. The number of pyridine rings is 1. The number of carbonyl (C=O) groups is 1. The maximum Gasteiger partial charge on any atom is 0.350 e. The van der Waals surface area contributed by atoms with Crippen LogP contribution in [0.4, 0.5) is 0 Å². The molecule has 8 nitrogen and oxygen atoms in total. The summed E-state index contributed by atoms with van der Waals surface area (Å²) in [7, 11) is 0. The molecule has 1 amide bonds. The molecule has 0 aliphatic heterocycles. The van der Waals surface area contributed by atoms with Crippen LogP contribution in [0.1, 0.15) is 47.6 Å². The third-order valence-electron chi connectivity index (χ3n) is 5.64. The summed E-state index contributed by atoms with van der Waals surface area (Å²) in [5.41, 5.74) is 4.39. The fraction of sp³-hybridized carbons (Fsp3) is 0.364. The predicted molar refractivity (Wildman–Crippen MR) is 116 cm³/mol. The summed E-state index contributed by atoms with van der Waals surface area (Å²) < 4.78 is 3.09. The molecule has 4 aromatic rings. The number of nitrogens with zero attached hydrogens (tertiary/aromatic N) is 4. The Kier molecular flexibility index (Phi) is 5.15. The van der Waals surface area contributed by atoms with Gasteiger partial charge < -0.3 is 5.32 Å². The second-order valence-electron chi connectivity index (χ2n) is 7.62. The van der Waals surface area contributed by atoms with Crippen molar-refractivity contribution in [2.45, 2.75) is 53.1 Å². The summed E-state index contributed by atoms with van der Waals surface area (Å²) in [5.74, 6) is -0.242. The summed E-state index contributed by atoms with van der Waals surface area (Å²) >= 11 is 0. The molecule has 1 unspecified atom stereocenters. The van der Waals surface area contributed by atoms with E-state index < -0.39 is 0 Å². The molecule has 3 heterocycles. The number of fused-ring (bicyclic) bond motifs is 3. The van der Waals surface area contributed by atoms with Gasteiger partial charge in [0.05, 0.1) is 12.1 Å². The van der Waals surface area contributed by atoms with E-state index in [1.54, 1.807) is 4.40 Å². The minimum atomic E-state index is -0.243. The number of carbonyl (C=O) groups excluding carboxylic acids is 1. The number of benzene rings is 1. The van der Waals surface area contributed by atoms with Gasteiger partial charge in [0, 0.05) is 17.3 Å². The molecule has 0 saturated heterocycles. The zero-order valence-electron chi connectivity index (χ0n) is 17.7. The molecule has 0 radical (unpaired) electrons. The van der Waals surface area contributed by atoms with Crippen molar-refractivity contribution in [2.24, 2.45) is 0 Å². The molecule has 30 heavy (non-hydrogen) atoms. The minimum absolute atomic E-state index is 0.207. The van der Waals surface area contributed by atoms with Crippen molar-refractivity contribution in [1.82, 2.24) is 29.7 Å². The van der Waals surface area contributed by atoms with Crippen LogP contribution in [0.2, 0.25) is 0 Å². The van der Waals surface area contributed by atoms with Crippen LogP contribution in [0, 0.1) is 13.8 Å². The molecule has 4 rings (SSSR count). The lowest BCUT2D eigenvalue weighted by molar-refractivity contribution is 0.0925. The summed E-state index contributed by atoms with van der Waals surface area (Å²) in [6, 6.07) is 9.55. The number of para-hydroxylation sites is 1. The maximum atomic E-state index is 13.1. The first kappa shape index (κ1) is 19.9. The lowest BCUT2D eigenvalue weighted by Crippen LogP contribution is -2.40. The summed E-state index contributed by atoms with van der Waals surface area (Å²) in [6.45, 7) is 8.11. The highest BCUT2D eigenvalue weighted by atomic mass is 16.2. The molecule has 0 aliphatic rings. The fourth-order valence-corrected chi connectivity index (χ4v) is 3.85. The molecular weight excluding hydrogens is 380 g/mol. The fourth-order valence-electron chi connectivity index (χ4n) is 3.85. The van der Waals surface area contributed by atoms with Gasteiger partial charge in [0.15, 0.2) is 11.3 Å². The van der Waals surface area contributed by atoms with Crippen molar-refractivity contribution in [3.05, 3.63) is 63.3 Å². The first-order valence-corrected chi connectivity index (χ1v) is 10.3. The van der Waals surface area contributed by atoms with Crippen LogP contribution in [0.15, 0.2) is 35.1 Å². The van der Waals surface area contributed by atoms with E-state index in [9.17, 15) is 9.59 Å². The smallest absolute Gasteiger partial charge is 0.346 e. The normalized spacial score (nSPS) is 12.5. The van der Waals surface area contributed by atoms with Gasteiger partial charge in [-0.15, -0.1) is 5.10 Å². The van der Waals surface area contributed by atoms with Crippen LogP contribution >= 0.6 is 0 Å². The highest BCUT2D eigenvalue weighted by molar-refractivity contribution is 5.94. The average molecular weight is 406 g/mol. The SMILES string of the molecule is CCc1[nH]nc(C(=O)NC(CC)Cn2nc3c(C)cc4ccccc4n3c2=O)c1C. The van der Waals surface area contributed by atoms with Crippen molar-refractivity contribution in [3.63, 3.8) is 0 Å². The first-order valence-electron chi connectivity index (χ1n) is 10.3. The summed E-state index contributed by atoms with van der Waals surface area (Å²) in [6.07, 6.45) is 1.45. The van der Waals surface area contributed by atoms with E-state index in [1.807, 2.05) is 58.0 Å². The lowest BCUT2D eigenvalue weighted by Gasteiger charge is -2.15. The van der Waals surface area contributed by atoms with Gasteiger partial charge in [0.1, 0.15) is 0 Å². The number of rotatable bonds is 6. The van der Waals surface area contributed by atoms with E-state index in [0.717, 1.165) is 34.1 Å². The van der Waals surface area contributed by atoms with Crippen molar-refractivity contribution in [1.29, 1.82) is 0 Å². The number of amides is 1. The Balaban J connectivity index is 1.65. The van der Waals surface area contributed by atoms with E-state index in [-0.39, 0.29) is 17.6 Å². The van der Waals surface area contributed by atoms with E-state index in [0.29, 0.717) is 24.3 Å². The van der Waals surface area contributed by atoms with Gasteiger partial charge in [-0.05, 0) is 49.8 Å². The van der Waals surface area contributed by atoms with E-state index in [2.05, 4.69) is 20.6 Å². The number of H-pyrrole nitrogens is 1. The highest BCUT2D eigenvalue weighted by Crippen LogP contribution is 2.18. The number of aromatic amines is 1. The zero-order chi connectivity index (χ0) is 21.4. The molecule has 0 bridgehead atoms. The van der Waals surface area contributed by atoms with Gasteiger partial charge in [-0.3, -0.25) is 9.89 Å². The molecule has 8 heteroatoms. The number of hydrogen-bond acceptors (Lipinski definition) is 4. The number of aryl methyl sites for hydroxylation is 2. The largest absolute Gasteiger partial charge is 0.350 e. The standard InChI is InChI=1S/C22H26N6O2/c1-5-16(23-21(29)19-14(4)17(6-2)24-25-19)12-27-22(30)28-18-10-8-7-9-15(18)11-13(3)20(28)26-27/h7-11,16H,5-6,12H2,1-4H3,(H,23,29)(H,24,25). The van der Waals surface area contributed by atoms with Gasteiger partial charge in [-0.1, -0.05) is 32.0 Å². The summed E-state index contributed by atoms with van der Waals surface area (Å²) in [4.78, 5) is 25.9. The van der Waals surface area contributed by atoms with Gasteiger partial charge in [-0.2, -0.15) is 5.10 Å². The molecule has 0 fully saturated rings. The summed E-state index contributed by atoms with van der Waals surface area (Å²) in [5, 5.41) is 15.6. The van der Waals surface area contributed by atoms with Gasteiger partial charge in [-0.25, -0.2) is 13.9 Å². The van der Waals surface area contributed by atoms with Crippen molar-refractivity contribution < 1.29 is 4.79 Å². The molecule has 3 aromatic heterocycles. The second kappa shape index (κ2) is 7.78. The third-order valence-corrected chi connectivity index (χ3v) is 5.64. The quantitative estimate of drug-likeness (QED) is 0.514. The van der Waals surface area contributed by atoms with Crippen molar-refractivity contribution in [2.75, 3.05) is 0 Å². The third kappa shape index (κ3) is 3.28. The van der Waals surface area contributed by atoms with E-state index >= 15 is 0 Å². The number of nitrogens with one attached hydrogen (secondary N) is 2. The Bertz CT molecular complexity index is 1300. The highest BCUT2D eigenvalue weighted by Gasteiger charge is 2.21. The van der Waals surface area contributed by atoms with Crippen LogP contribution < -0.4 is 11.0 Å². The monoisotopic (exact) mass is 406 g/mol. The minimum Gasteiger partial charge on any atom is -0.346 e. The maximum absolute atomic E-state index is 13.1. The van der Waals surface area contributed by atoms with Crippen LogP contribution in [0.25, 0.3) is 16.6 Å². The number of hydrogen-bond donors (Lipinski definition) is 2. The Morgan fingerprint density at radius 3 is 2.70 bits per heavy atom. The van der Waals surface area contributed by atoms with Crippen LogP contribution in [0.3, 0.4) is 0 Å². The molecule has 156 valence electrons. The predicted octanol–water partition coefficient (Wildman–Crippen LogP) is 2.76. The van der Waals surface area contributed by atoms with Crippen molar-refractivity contribution >= 4 is 22.5 Å². The van der Waals surface area contributed by atoms with Gasteiger partial charge in [0.2, 0.25) is 0 Å². The Hall–Kier alpha value is -3.42. The molecular formula is C22H26N6O2. The Morgan fingerprint density at radius 2 is 2.00 bits per heavy atom. The molecule has 0 spiro atoms. The zero-order valence-corrected chi connectivity index (χ0v) is 17.7. The Morgan fingerprint density at radius 1 is 1.23 bits per heavy atom. The molecule has 1 aromatic carbocycles. The topological polar surface area (TPSA) is 97.1 Å².